The Balaban J connectivity index is 0.000000173. The molecule has 64 heavy (non-hydrogen) atoms. The van der Waals surface area contributed by atoms with Crippen molar-refractivity contribution in [3.63, 3.8) is 0 Å². The first kappa shape index (κ1) is 46.4. The fourth-order valence-electron chi connectivity index (χ4n) is 8.18. The van der Waals surface area contributed by atoms with Crippen molar-refractivity contribution in [3.05, 3.63) is 233 Å². The van der Waals surface area contributed by atoms with Crippen molar-refractivity contribution in [3.8, 4) is 45.7 Å². The molecule has 1 aliphatic carbocycles. The summed E-state index contributed by atoms with van der Waals surface area (Å²) in [4.78, 5) is 0. The van der Waals surface area contributed by atoms with Crippen LogP contribution < -0.4 is 0 Å². The summed E-state index contributed by atoms with van der Waals surface area (Å²) < 4.78 is 6.18. The third kappa shape index (κ3) is 11.7. The number of benzene rings is 7. The van der Waals surface area contributed by atoms with Crippen LogP contribution in [0.3, 0.4) is 0 Å². The van der Waals surface area contributed by atoms with Gasteiger partial charge in [-0.15, -0.1) is 12.3 Å². The predicted molar refractivity (Wildman–Crippen MR) is 279 cm³/mol. The molecule has 0 bridgehead atoms. The van der Waals surface area contributed by atoms with E-state index in [0.29, 0.717) is 6.42 Å². The molecule has 9 rings (SSSR count). The molecule has 0 aliphatic heterocycles. The molecule has 0 atom stereocenters. The number of terminal acetylenes is 1. The molecule has 1 aliphatic rings. The van der Waals surface area contributed by atoms with Crippen LogP contribution in [0.1, 0.15) is 86.6 Å². The Bertz CT molecular complexity index is 2890. The minimum Gasteiger partial charge on any atom is -0.460 e. The number of allylic oxidation sites excluding steroid dienone is 4. The summed E-state index contributed by atoms with van der Waals surface area (Å²) in [6, 6.07) is 61.8. The van der Waals surface area contributed by atoms with Crippen LogP contribution in [0.25, 0.3) is 61.6 Å². The minimum atomic E-state index is 0.659. The van der Waals surface area contributed by atoms with Crippen molar-refractivity contribution in [2.45, 2.75) is 74.1 Å². The maximum absolute atomic E-state index is 6.18. The van der Waals surface area contributed by atoms with Gasteiger partial charge in [-0.05, 0) is 132 Å². The van der Waals surface area contributed by atoms with Crippen LogP contribution in [0.15, 0.2) is 198 Å². The summed E-state index contributed by atoms with van der Waals surface area (Å²) in [5.74, 6) is 3.97. The van der Waals surface area contributed by atoms with Gasteiger partial charge < -0.3 is 4.42 Å². The average molecular weight is 835 g/mol. The summed E-state index contributed by atoms with van der Waals surface area (Å²) >= 11 is 0. The van der Waals surface area contributed by atoms with Crippen molar-refractivity contribution in [1.82, 2.24) is 0 Å². The zero-order valence-electron chi connectivity index (χ0n) is 38.8. The fraction of sp³-hybridized carbons (Fsp3) is 0.175. The van der Waals surface area contributed by atoms with Gasteiger partial charge in [-0.1, -0.05) is 201 Å². The second-order valence-corrected chi connectivity index (χ2v) is 16.3. The molecule has 8 aromatic rings. The van der Waals surface area contributed by atoms with Gasteiger partial charge in [0.05, 0.1) is 0 Å². The molecule has 0 fully saturated rings. The minimum absolute atomic E-state index is 0.659. The lowest BCUT2D eigenvalue weighted by molar-refractivity contribution is 0.543. The first-order valence-electron chi connectivity index (χ1n) is 22.6. The van der Waals surface area contributed by atoms with Gasteiger partial charge in [-0.2, -0.15) is 0 Å². The van der Waals surface area contributed by atoms with Crippen LogP contribution in [-0.4, -0.2) is 0 Å². The Morgan fingerprint density at radius 2 is 1.17 bits per heavy atom. The highest BCUT2D eigenvalue weighted by Gasteiger charge is 2.20. The molecule has 1 nitrogen and oxygen atoms in total. The van der Waals surface area contributed by atoms with E-state index in [-0.39, 0.29) is 0 Å². The molecule has 0 saturated carbocycles. The summed E-state index contributed by atoms with van der Waals surface area (Å²) in [5.41, 5.74) is 21.3. The first-order valence-corrected chi connectivity index (χ1v) is 22.6. The highest BCUT2D eigenvalue weighted by atomic mass is 16.3. The molecule has 0 unspecified atom stereocenters. The van der Waals surface area contributed by atoms with Gasteiger partial charge in [0.25, 0.3) is 0 Å². The second kappa shape index (κ2) is 22.8. The molecule has 7 aromatic carbocycles. The molecule has 0 spiro atoms. The molecule has 1 heterocycles. The van der Waals surface area contributed by atoms with E-state index in [0.717, 1.165) is 36.2 Å². The van der Waals surface area contributed by atoms with Crippen LogP contribution >= 0.6 is 0 Å². The van der Waals surface area contributed by atoms with Gasteiger partial charge in [0.1, 0.15) is 11.3 Å². The molecule has 1 heteroatoms. The van der Waals surface area contributed by atoms with Gasteiger partial charge >= 0.3 is 0 Å². The van der Waals surface area contributed by atoms with Gasteiger partial charge in [-0.3, -0.25) is 0 Å². The number of hydrogen-bond donors (Lipinski definition) is 0. The smallest absolute Gasteiger partial charge is 0.135 e. The second-order valence-electron chi connectivity index (χ2n) is 16.3. The van der Waals surface area contributed by atoms with Crippen LogP contribution in [0.4, 0.5) is 0 Å². The van der Waals surface area contributed by atoms with Crippen molar-refractivity contribution < 1.29 is 4.42 Å². The van der Waals surface area contributed by atoms with E-state index in [2.05, 4.69) is 198 Å². The summed E-state index contributed by atoms with van der Waals surface area (Å²) in [7, 11) is 0. The monoisotopic (exact) mass is 834 g/mol. The number of hydrogen-bond acceptors (Lipinski definition) is 1. The highest BCUT2D eigenvalue weighted by Crippen LogP contribution is 2.39. The number of furan rings is 1. The van der Waals surface area contributed by atoms with E-state index in [9.17, 15) is 0 Å². The Labute approximate surface area is 383 Å². The van der Waals surface area contributed by atoms with Crippen LogP contribution in [-0.2, 0) is 12.8 Å². The Morgan fingerprint density at radius 1 is 0.594 bits per heavy atom. The van der Waals surface area contributed by atoms with Crippen molar-refractivity contribution >= 4 is 28.2 Å². The predicted octanol–water partition coefficient (Wildman–Crippen LogP) is 17.9. The zero-order valence-corrected chi connectivity index (χ0v) is 38.8. The fourth-order valence-corrected chi connectivity index (χ4v) is 8.18. The SMILES string of the molecule is C#CC/C(Cc1ccccc1)=C(/C)c1cccc2oc3c(c12)C=C(C)CC3.C=C(C)c1ccccc1.CC.Cc1ccccc1-c1cc(-c2cccc(-c3ccccc3)c2)ccc1C. The van der Waals surface area contributed by atoms with E-state index in [1.165, 1.54) is 88.9 Å². The van der Waals surface area contributed by atoms with Crippen LogP contribution in [0.5, 0.6) is 0 Å². The van der Waals surface area contributed by atoms with Gasteiger partial charge in [0.2, 0.25) is 0 Å². The lowest BCUT2D eigenvalue weighted by Crippen LogP contribution is -1.97. The summed E-state index contributed by atoms with van der Waals surface area (Å²) in [5, 5.41) is 1.23. The molecule has 0 N–H and O–H groups in total. The number of rotatable bonds is 8. The van der Waals surface area contributed by atoms with Gasteiger partial charge in [-0.25, -0.2) is 0 Å². The van der Waals surface area contributed by atoms with Gasteiger partial charge in [0.15, 0.2) is 0 Å². The lowest BCUT2D eigenvalue weighted by Gasteiger charge is -2.13. The largest absolute Gasteiger partial charge is 0.460 e. The molecule has 320 valence electrons. The first-order chi connectivity index (χ1) is 31.2. The topological polar surface area (TPSA) is 13.1 Å². The summed E-state index contributed by atoms with van der Waals surface area (Å²) in [6.45, 7) is 18.6. The van der Waals surface area contributed by atoms with E-state index in [1.807, 2.05) is 45.0 Å². The standard InChI is InChI=1S/C26H24O.C26H22.C9H10.C2H6/c1-4-9-21(17-20-10-6-5-7-11-20)19(3)22-12-8-13-25-26(22)23-16-18(2)14-15-24(23)27-25;1-19-9-6-7-14-25(19)26-18-24(16-15-20(26)2)23-13-8-12-22(17-23)21-10-4-3-5-11-21;1-8(2)9-6-4-3-5-7-9;1-2/h1,5-8,10-13,16H,9,14-15,17H2,2-3H3;3-18H,1-2H3;3-7H,1H2,2H3;1-2H3/b21-19+;;;. The molecule has 1 aromatic heterocycles. The average Bonchev–Trinajstić information content (AvgIpc) is 3.72. The zero-order chi connectivity index (χ0) is 45.4. The molecular weight excluding hydrogens is 773 g/mol. The van der Waals surface area contributed by atoms with Crippen molar-refractivity contribution in [1.29, 1.82) is 0 Å². The molecule has 0 radical (unpaired) electrons. The quantitative estimate of drug-likeness (QED) is 0.139. The number of fused-ring (bicyclic) bond motifs is 3. The summed E-state index contributed by atoms with van der Waals surface area (Å²) in [6.07, 6.45) is 11.6. The Kier molecular flexibility index (Phi) is 16.5. The van der Waals surface area contributed by atoms with Crippen molar-refractivity contribution in [2.24, 2.45) is 0 Å². The van der Waals surface area contributed by atoms with Gasteiger partial charge in [0, 0.05) is 23.8 Å². The van der Waals surface area contributed by atoms with E-state index >= 15 is 0 Å². The Hall–Kier alpha value is -7.14. The Morgan fingerprint density at radius 3 is 1.83 bits per heavy atom. The van der Waals surface area contributed by atoms with Crippen LogP contribution in [0, 0.1) is 26.2 Å². The van der Waals surface area contributed by atoms with E-state index in [4.69, 9.17) is 10.8 Å². The molecule has 0 amide bonds. The molecule has 0 saturated heterocycles. The van der Waals surface area contributed by atoms with E-state index < -0.39 is 0 Å². The van der Waals surface area contributed by atoms with Crippen molar-refractivity contribution in [2.75, 3.05) is 0 Å². The normalized spacial score (nSPS) is 11.8. The maximum Gasteiger partial charge on any atom is 0.135 e. The number of aryl methyl sites for hydroxylation is 3. The molecular formula is C63H62O. The highest BCUT2D eigenvalue weighted by molar-refractivity contribution is 5.99. The maximum atomic E-state index is 6.18. The lowest BCUT2D eigenvalue weighted by atomic mass is 9.89. The third-order valence-electron chi connectivity index (χ3n) is 11.7. The van der Waals surface area contributed by atoms with E-state index in [1.54, 1.807) is 0 Å². The third-order valence-corrected chi connectivity index (χ3v) is 11.7. The van der Waals surface area contributed by atoms with Crippen LogP contribution in [0.2, 0.25) is 0 Å².